The first-order valence-electron chi connectivity index (χ1n) is 5.63. The lowest BCUT2D eigenvalue weighted by molar-refractivity contribution is 0.412. The van der Waals surface area contributed by atoms with Gasteiger partial charge in [-0.15, -0.1) is 0 Å². The molecule has 2 heteroatoms. The second-order valence-corrected chi connectivity index (χ2v) is 4.26. The Labute approximate surface area is 102 Å². The number of nitrogen functional groups attached to an aromatic ring is 1. The number of aryl methyl sites for hydroxylation is 2. The second kappa shape index (κ2) is 4.50. The number of hydrogen-bond acceptors (Lipinski definition) is 2. The van der Waals surface area contributed by atoms with Gasteiger partial charge in [-0.05, 0) is 60.4 Å². The van der Waals surface area contributed by atoms with Crippen LogP contribution in [-0.4, -0.2) is 7.11 Å². The summed E-state index contributed by atoms with van der Waals surface area (Å²) in [5.74, 6) is 0.918. The predicted molar refractivity (Wildman–Crippen MR) is 72.3 cm³/mol. The number of hydrogen-bond donors (Lipinski definition) is 1. The highest BCUT2D eigenvalue weighted by atomic mass is 16.5. The van der Waals surface area contributed by atoms with Crippen LogP contribution >= 0.6 is 0 Å². The zero-order chi connectivity index (χ0) is 12.4. The average Bonchev–Trinajstić information content (AvgIpc) is 2.29. The summed E-state index contributed by atoms with van der Waals surface area (Å²) in [5, 5.41) is 0. The molecule has 2 aromatic carbocycles. The first kappa shape index (κ1) is 11.5. The fraction of sp³-hybridized carbons (Fsp3) is 0.200. The SMILES string of the molecule is COc1ccc(-c2ccc(N)cc2C)cc1C. The number of ether oxygens (including phenoxy) is 1. The van der Waals surface area contributed by atoms with Crippen molar-refractivity contribution in [2.75, 3.05) is 12.8 Å². The van der Waals surface area contributed by atoms with Crippen molar-refractivity contribution in [3.63, 3.8) is 0 Å². The Hall–Kier alpha value is -1.96. The minimum Gasteiger partial charge on any atom is -0.496 e. The molecular weight excluding hydrogens is 210 g/mol. The average molecular weight is 227 g/mol. The number of methoxy groups -OCH3 is 1. The number of nitrogens with two attached hydrogens (primary N) is 1. The molecule has 17 heavy (non-hydrogen) atoms. The van der Waals surface area contributed by atoms with E-state index in [9.17, 15) is 0 Å². The maximum absolute atomic E-state index is 5.76. The molecule has 2 nitrogen and oxygen atoms in total. The van der Waals surface area contributed by atoms with Crippen LogP contribution in [0.2, 0.25) is 0 Å². The first-order chi connectivity index (χ1) is 8.11. The van der Waals surface area contributed by atoms with Gasteiger partial charge in [0.15, 0.2) is 0 Å². The summed E-state index contributed by atoms with van der Waals surface area (Å²) in [4.78, 5) is 0. The monoisotopic (exact) mass is 227 g/mol. The largest absolute Gasteiger partial charge is 0.496 e. The molecular formula is C15H17NO. The van der Waals surface area contributed by atoms with Gasteiger partial charge in [-0.3, -0.25) is 0 Å². The highest BCUT2D eigenvalue weighted by Crippen LogP contribution is 2.29. The smallest absolute Gasteiger partial charge is 0.121 e. The topological polar surface area (TPSA) is 35.2 Å². The van der Waals surface area contributed by atoms with E-state index >= 15 is 0 Å². The van der Waals surface area contributed by atoms with Crippen molar-refractivity contribution < 1.29 is 4.74 Å². The maximum Gasteiger partial charge on any atom is 0.121 e. The molecule has 0 spiro atoms. The third-order valence-electron chi connectivity index (χ3n) is 2.96. The highest BCUT2D eigenvalue weighted by Gasteiger charge is 2.05. The Kier molecular flexibility index (Phi) is 3.05. The third-order valence-corrected chi connectivity index (χ3v) is 2.96. The van der Waals surface area contributed by atoms with Crippen LogP contribution in [0, 0.1) is 13.8 Å². The quantitative estimate of drug-likeness (QED) is 0.796. The summed E-state index contributed by atoms with van der Waals surface area (Å²) in [6, 6.07) is 12.2. The molecule has 0 aliphatic heterocycles. The van der Waals surface area contributed by atoms with Crippen molar-refractivity contribution in [2.45, 2.75) is 13.8 Å². The van der Waals surface area contributed by atoms with Crippen LogP contribution < -0.4 is 10.5 Å². The Morgan fingerprint density at radius 1 is 0.941 bits per heavy atom. The molecule has 0 unspecified atom stereocenters. The van der Waals surface area contributed by atoms with Crippen LogP contribution in [0.15, 0.2) is 36.4 Å². The van der Waals surface area contributed by atoms with Gasteiger partial charge >= 0.3 is 0 Å². The highest BCUT2D eigenvalue weighted by molar-refractivity contribution is 5.70. The van der Waals surface area contributed by atoms with E-state index in [1.165, 1.54) is 16.7 Å². The molecule has 0 aliphatic rings. The van der Waals surface area contributed by atoms with E-state index in [0.717, 1.165) is 17.0 Å². The Balaban J connectivity index is 2.50. The van der Waals surface area contributed by atoms with E-state index in [-0.39, 0.29) is 0 Å². The lowest BCUT2D eigenvalue weighted by Crippen LogP contribution is -1.91. The van der Waals surface area contributed by atoms with Crippen molar-refractivity contribution in [1.29, 1.82) is 0 Å². The molecule has 2 aromatic rings. The van der Waals surface area contributed by atoms with E-state index in [2.05, 4.69) is 32.0 Å². The fourth-order valence-corrected chi connectivity index (χ4v) is 2.06. The van der Waals surface area contributed by atoms with Crippen molar-refractivity contribution in [2.24, 2.45) is 0 Å². The first-order valence-corrected chi connectivity index (χ1v) is 5.63. The van der Waals surface area contributed by atoms with Crippen molar-refractivity contribution in [3.8, 4) is 16.9 Å². The van der Waals surface area contributed by atoms with Gasteiger partial charge < -0.3 is 10.5 Å². The summed E-state index contributed by atoms with van der Waals surface area (Å²) < 4.78 is 5.27. The molecule has 0 radical (unpaired) electrons. The summed E-state index contributed by atoms with van der Waals surface area (Å²) >= 11 is 0. The van der Waals surface area contributed by atoms with Crippen molar-refractivity contribution in [3.05, 3.63) is 47.5 Å². The van der Waals surface area contributed by atoms with Gasteiger partial charge in [0.25, 0.3) is 0 Å². The minimum atomic E-state index is 0.802. The standard InChI is InChI=1S/C15H17NO/c1-10-9-13(16)5-6-14(10)12-4-7-15(17-3)11(2)8-12/h4-9H,16H2,1-3H3. The molecule has 2 rings (SSSR count). The van der Waals surface area contributed by atoms with Crippen LogP contribution in [0.5, 0.6) is 5.75 Å². The fourth-order valence-electron chi connectivity index (χ4n) is 2.06. The van der Waals surface area contributed by atoms with Gasteiger partial charge in [-0.1, -0.05) is 12.1 Å². The number of benzene rings is 2. The van der Waals surface area contributed by atoms with Crippen LogP contribution in [0.1, 0.15) is 11.1 Å². The summed E-state index contributed by atoms with van der Waals surface area (Å²) in [6.07, 6.45) is 0. The van der Waals surface area contributed by atoms with Gasteiger partial charge in [0.05, 0.1) is 7.11 Å². The van der Waals surface area contributed by atoms with Crippen LogP contribution in [0.4, 0.5) is 5.69 Å². The van der Waals surface area contributed by atoms with E-state index in [1.807, 2.05) is 18.2 Å². The van der Waals surface area contributed by atoms with Crippen molar-refractivity contribution >= 4 is 5.69 Å². The summed E-state index contributed by atoms with van der Waals surface area (Å²) in [6.45, 7) is 4.13. The molecule has 0 saturated carbocycles. The molecule has 0 aromatic heterocycles. The number of rotatable bonds is 2. The molecule has 0 aliphatic carbocycles. The van der Waals surface area contributed by atoms with E-state index in [1.54, 1.807) is 7.11 Å². The van der Waals surface area contributed by atoms with Crippen molar-refractivity contribution in [1.82, 2.24) is 0 Å². The molecule has 0 atom stereocenters. The lowest BCUT2D eigenvalue weighted by Gasteiger charge is -2.10. The maximum atomic E-state index is 5.76. The van der Waals surface area contributed by atoms with Crippen LogP contribution in [0.3, 0.4) is 0 Å². The summed E-state index contributed by atoms with van der Waals surface area (Å²) in [5.41, 5.74) is 11.3. The van der Waals surface area contributed by atoms with Crippen LogP contribution in [0.25, 0.3) is 11.1 Å². The second-order valence-electron chi connectivity index (χ2n) is 4.26. The van der Waals surface area contributed by atoms with Gasteiger partial charge in [0, 0.05) is 5.69 Å². The molecule has 2 N–H and O–H groups in total. The molecule has 0 saturated heterocycles. The Morgan fingerprint density at radius 3 is 2.29 bits per heavy atom. The van der Waals surface area contributed by atoms with Gasteiger partial charge in [0.1, 0.15) is 5.75 Å². The zero-order valence-corrected chi connectivity index (χ0v) is 10.4. The molecule has 0 heterocycles. The van der Waals surface area contributed by atoms with Crippen LogP contribution in [-0.2, 0) is 0 Å². The Bertz CT molecular complexity index is 547. The molecule has 0 amide bonds. The van der Waals surface area contributed by atoms with E-state index in [0.29, 0.717) is 0 Å². The molecule has 0 fully saturated rings. The lowest BCUT2D eigenvalue weighted by atomic mass is 9.98. The molecule has 0 bridgehead atoms. The minimum absolute atomic E-state index is 0.802. The van der Waals surface area contributed by atoms with E-state index < -0.39 is 0 Å². The zero-order valence-electron chi connectivity index (χ0n) is 10.4. The summed E-state index contributed by atoms with van der Waals surface area (Å²) in [7, 11) is 1.69. The van der Waals surface area contributed by atoms with Gasteiger partial charge in [-0.2, -0.15) is 0 Å². The normalized spacial score (nSPS) is 10.3. The Morgan fingerprint density at radius 2 is 1.71 bits per heavy atom. The van der Waals surface area contributed by atoms with Gasteiger partial charge in [0.2, 0.25) is 0 Å². The number of anilines is 1. The molecule has 88 valence electrons. The third kappa shape index (κ3) is 2.26. The van der Waals surface area contributed by atoms with Gasteiger partial charge in [-0.25, -0.2) is 0 Å². The van der Waals surface area contributed by atoms with E-state index in [4.69, 9.17) is 10.5 Å². The predicted octanol–water partition coefficient (Wildman–Crippen LogP) is 3.56.